The Morgan fingerprint density at radius 3 is 2.74 bits per heavy atom. The third-order valence-corrected chi connectivity index (χ3v) is 4.91. The summed E-state index contributed by atoms with van der Waals surface area (Å²) in [5.41, 5.74) is 0.962. The Kier molecular flexibility index (Phi) is 3.40. The number of fused-ring (bicyclic) bond motifs is 2. The summed E-state index contributed by atoms with van der Waals surface area (Å²) in [6.07, 6.45) is 5.51. The van der Waals surface area contributed by atoms with Crippen LogP contribution in [0, 0.1) is 11.8 Å². The third-order valence-electron chi connectivity index (χ3n) is 4.91. The Hall–Kier alpha value is -1.22. The number of phenols is 1. The highest BCUT2D eigenvalue weighted by Gasteiger charge is 2.39. The molecule has 2 aliphatic carbocycles. The van der Waals surface area contributed by atoms with Crippen molar-refractivity contribution in [1.29, 1.82) is 0 Å². The van der Waals surface area contributed by atoms with Crippen molar-refractivity contribution in [3.63, 3.8) is 0 Å². The van der Waals surface area contributed by atoms with E-state index in [1.165, 1.54) is 25.7 Å². The first-order chi connectivity index (χ1) is 9.17. The minimum Gasteiger partial charge on any atom is -0.507 e. The van der Waals surface area contributed by atoms with Gasteiger partial charge in [0.1, 0.15) is 11.5 Å². The average Bonchev–Trinajstić information content (AvgIpc) is 3.00. The van der Waals surface area contributed by atoms with Crippen molar-refractivity contribution in [2.24, 2.45) is 11.8 Å². The molecule has 3 rings (SSSR count). The van der Waals surface area contributed by atoms with E-state index in [-0.39, 0.29) is 6.04 Å². The van der Waals surface area contributed by atoms with E-state index in [0.29, 0.717) is 17.5 Å². The monoisotopic (exact) mass is 261 g/mol. The van der Waals surface area contributed by atoms with Gasteiger partial charge in [-0.05, 0) is 44.1 Å². The highest BCUT2D eigenvalue weighted by Crippen LogP contribution is 2.45. The van der Waals surface area contributed by atoms with Crippen LogP contribution in [0.15, 0.2) is 18.2 Å². The molecule has 4 atom stereocenters. The van der Waals surface area contributed by atoms with E-state index in [4.69, 9.17) is 4.74 Å². The lowest BCUT2D eigenvalue weighted by atomic mass is 9.94. The van der Waals surface area contributed by atoms with E-state index in [9.17, 15) is 5.11 Å². The lowest BCUT2D eigenvalue weighted by molar-refractivity contribution is 0.323. The first kappa shape index (κ1) is 12.8. The van der Waals surface area contributed by atoms with Gasteiger partial charge in [-0.25, -0.2) is 0 Å². The fraction of sp³-hybridized carbons (Fsp3) is 0.625. The number of methoxy groups -OCH3 is 1. The standard InChI is InChI=1S/C16H23NO2/c1-10(14-6-5-13(19-2)9-16(14)18)17-15-8-11-3-4-12(15)7-11/h5-6,9-12,15,17-18H,3-4,7-8H2,1-2H3. The molecule has 2 saturated carbocycles. The molecule has 104 valence electrons. The summed E-state index contributed by atoms with van der Waals surface area (Å²) < 4.78 is 5.12. The molecule has 0 saturated heterocycles. The molecule has 19 heavy (non-hydrogen) atoms. The van der Waals surface area contributed by atoms with E-state index in [2.05, 4.69) is 12.2 Å². The first-order valence-electron chi connectivity index (χ1n) is 7.30. The number of rotatable bonds is 4. The van der Waals surface area contributed by atoms with E-state index in [0.717, 1.165) is 17.4 Å². The maximum atomic E-state index is 10.1. The molecule has 1 aromatic carbocycles. The maximum Gasteiger partial charge on any atom is 0.124 e. The lowest BCUT2D eigenvalue weighted by Crippen LogP contribution is -2.35. The molecule has 0 radical (unpaired) electrons. The van der Waals surface area contributed by atoms with Crippen molar-refractivity contribution in [1.82, 2.24) is 5.32 Å². The second-order valence-electron chi connectivity index (χ2n) is 6.09. The molecule has 2 bridgehead atoms. The fourth-order valence-corrected chi connectivity index (χ4v) is 3.88. The topological polar surface area (TPSA) is 41.5 Å². The van der Waals surface area contributed by atoms with Crippen LogP contribution in [0.4, 0.5) is 0 Å². The molecule has 0 amide bonds. The van der Waals surface area contributed by atoms with Crippen LogP contribution in [0.1, 0.15) is 44.2 Å². The first-order valence-corrected chi connectivity index (χ1v) is 7.30. The minimum absolute atomic E-state index is 0.190. The Morgan fingerprint density at radius 2 is 2.16 bits per heavy atom. The van der Waals surface area contributed by atoms with Gasteiger partial charge in [0.25, 0.3) is 0 Å². The zero-order valence-electron chi connectivity index (χ0n) is 11.7. The SMILES string of the molecule is COc1ccc(C(C)NC2CC3CCC2C3)c(O)c1. The molecule has 0 aromatic heterocycles. The molecule has 0 spiro atoms. The van der Waals surface area contributed by atoms with Crippen LogP contribution in [-0.2, 0) is 0 Å². The molecule has 4 unspecified atom stereocenters. The zero-order chi connectivity index (χ0) is 13.4. The number of nitrogens with one attached hydrogen (secondary N) is 1. The molecule has 0 heterocycles. The van der Waals surface area contributed by atoms with Crippen LogP contribution in [0.5, 0.6) is 11.5 Å². The van der Waals surface area contributed by atoms with Crippen molar-refractivity contribution in [3.05, 3.63) is 23.8 Å². The van der Waals surface area contributed by atoms with Crippen molar-refractivity contribution in [3.8, 4) is 11.5 Å². The quantitative estimate of drug-likeness (QED) is 0.874. The van der Waals surface area contributed by atoms with Gasteiger partial charge in [-0.15, -0.1) is 0 Å². The van der Waals surface area contributed by atoms with E-state index in [1.54, 1.807) is 13.2 Å². The van der Waals surface area contributed by atoms with E-state index >= 15 is 0 Å². The zero-order valence-corrected chi connectivity index (χ0v) is 11.7. The van der Waals surface area contributed by atoms with Crippen molar-refractivity contribution < 1.29 is 9.84 Å². The van der Waals surface area contributed by atoms with Crippen molar-refractivity contribution in [2.45, 2.75) is 44.7 Å². The molecule has 0 aliphatic heterocycles. The van der Waals surface area contributed by atoms with Crippen LogP contribution < -0.4 is 10.1 Å². The van der Waals surface area contributed by atoms with Gasteiger partial charge in [-0.1, -0.05) is 12.5 Å². The Bertz CT molecular complexity index is 460. The van der Waals surface area contributed by atoms with Crippen LogP contribution in [-0.4, -0.2) is 18.3 Å². The van der Waals surface area contributed by atoms with Gasteiger partial charge < -0.3 is 15.2 Å². The summed E-state index contributed by atoms with van der Waals surface area (Å²) in [7, 11) is 1.62. The van der Waals surface area contributed by atoms with Crippen LogP contribution in [0.3, 0.4) is 0 Å². The van der Waals surface area contributed by atoms with Gasteiger partial charge in [-0.2, -0.15) is 0 Å². The second kappa shape index (κ2) is 5.04. The molecule has 2 N–H and O–H groups in total. The summed E-state index contributed by atoms with van der Waals surface area (Å²) in [6.45, 7) is 2.13. The van der Waals surface area contributed by atoms with Gasteiger partial charge in [-0.3, -0.25) is 0 Å². The molecular weight excluding hydrogens is 238 g/mol. The van der Waals surface area contributed by atoms with E-state index in [1.807, 2.05) is 12.1 Å². The molecule has 3 heteroatoms. The summed E-state index contributed by atoms with van der Waals surface area (Å²) in [6, 6.07) is 6.38. The Balaban J connectivity index is 1.68. The normalized spacial score (nSPS) is 30.5. The molecule has 2 fully saturated rings. The number of phenolic OH excluding ortho intramolecular Hbond substituents is 1. The molecule has 3 nitrogen and oxygen atoms in total. The number of hydrogen-bond acceptors (Lipinski definition) is 3. The smallest absolute Gasteiger partial charge is 0.124 e. The van der Waals surface area contributed by atoms with Crippen LogP contribution >= 0.6 is 0 Å². The minimum atomic E-state index is 0.190. The maximum absolute atomic E-state index is 10.1. The van der Waals surface area contributed by atoms with Crippen LogP contribution in [0.2, 0.25) is 0 Å². The third kappa shape index (κ3) is 2.44. The van der Waals surface area contributed by atoms with Gasteiger partial charge in [0.15, 0.2) is 0 Å². The number of aromatic hydroxyl groups is 1. The number of benzene rings is 1. The highest BCUT2D eigenvalue weighted by molar-refractivity contribution is 5.41. The Labute approximate surface area is 115 Å². The summed E-state index contributed by atoms with van der Waals surface area (Å²) >= 11 is 0. The highest BCUT2D eigenvalue weighted by atomic mass is 16.5. The summed E-state index contributed by atoms with van der Waals surface area (Å²) in [4.78, 5) is 0. The second-order valence-corrected chi connectivity index (χ2v) is 6.09. The predicted octanol–water partition coefficient (Wildman–Crippen LogP) is 3.24. The van der Waals surface area contributed by atoms with Gasteiger partial charge >= 0.3 is 0 Å². The molecular formula is C16H23NO2. The van der Waals surface area contributed by atoms with Crippen LogP contribution in [0.25, 0.3) is 0 Å². The van der Waals surface area contributed by atoms with Crippen molar-refractivity contribution in [2.75, 3.05) is 7.11 Å². The lowest BCUT2D eigenvalue weighted by Gasteiger charge is -2.27. The molecule has 2 aliphatic rings. The van der Waals surface area contributed by atoms with Gasteiger partial charge in [0, 0.05) is 23.7 Å². The fourth-order valence-electron chi connectivity index (χ4n) is 3.88. The van der Waals surface area contributed by atoms with Gasteiger partial charge in [0.2, 0.25) is 0 Å². The predicted molar refractivity (Wildman–Crippen MR) is 75.4 cm³/mol. The van der Waals surface area contributed by atoms with Gasteiger partial charge in [0.05, 0.1) is 7.11 Å². The largest absolute Gasteiger partial charge is 0.507 e. The number of hydrogen-bond donors (Lipinski definition) is 2. The van der Waals surface area contributed by atoms with Crippen molar-refractivity contribution >= 4 is 0 Å². The summed E-state index contributed by atoms with van der Waals surface area (Å²) in [5.74, 6) is 2.82. The molecule has 1 aromatic rings. The number of ether oxygens (including phenoxy) is 1. The van der Waals surface area contributed by atoms with E-state index < -0.39 is 0 Å². The summed E-state index contributed by atoms with van der Waals surface area (Å²) in [5, 5.41) is 13.8. The average molecular weight is 261 g/mol. The Morgan fingerprint density at radius 1 is 1.32 bits per heavy atom.